The van der Waals surface area contributed by atoms with Crippen molar-refractivity contribution >= 4 is 27.4 Å². The van der Waals surface area contributed by atoms with E-state index < -0.39 is 27.5 Å². The molecule has 2 aromatic rings. The number of aromatic nitrogens is 1. The summed E-state index contributed by atoms with van der Waals surface area (Å²) in [5, 5.41) is 14.9. The Kier molecular flexibility index (Phi) is 6.36. The Hall–Kier alpha value is -2.99. The molecule has 152 valence electrons. The number of esters is 1. The Balaban J connectivity index is 2.06. The molecule has 1 aromatic carbocycles. The Labute approximate surface area is 161 Å². The number of nitro groups is 1. The van der Waals surface area contributed by atoms with Crippen LogP contribution in [0.25, 0.3) is 0 Å². The van der Waals surface area contributed by atoms with Gasteiger partial charge in [-0.15, -0.1) is 0 Å². The van der Waals surface area contributed by atoms with Crippen molar-refractivity contribution in [1.29, 1.82) is 0 Å². The minimum atomic E-state index is -4.15. The summed E-state index contributed by atoms with van der Waals surface area (Å²) >= 11 is 0. The van der Waals surface area contributed by atoms with Crippen molar-refractivity contribution < 1.29 is 27.4 Å². The smallest absolute Gasteiger partial charge is 0.321 e. The Morgan fingerprint density at radius 2 is 2.04 bits per heavy atom. The topological polar surface area (TPSA) is 145 Å². The summed E-state index contributed by atoms with van der Waals surface area (Å²) in [4.78, 5) is 23.5. The number of nitrogens with zero attached hydrogens (tertiary/aromatic N) is 3. The van der Waals surface area contributed by atoms with Crippen LogP contribution in [0.15, 0.2) is 27.6 Å². The zero-order valence-electron chi connectivity index (χ0n) is 15.8. The lowest BCUT2D eigenvalue weighted by atomic mass is 10.2. The number of aryl methyl sites for hydroxylation is 2. The molecule has 1 aromatic heterocycles. The maximum atomic E-state index is 12.4. The second-order valence-electron chi connectivity index (χ2n) is 6.09. The Morgan fingerprint density at radius 1 is 1.36 bits per heavy atom. The van der Waals surface area contributed by atoms with E-state index in [9.17, 15) is 23.3 Å². The van der Waals surface area contributed by atoms with Crippen LogP contribution in [-0.2, 0) is 26.2 Å². The standard InChI is InChI=1S/C16H20N4O7S/c1-10-13(11(2)27-18-10)9-26-16(21)8-17-28(24,25)12-5-6-14(19(3)4)15(7-12)20(22)23/h5-7,17H,8-9H2,1-4H3. The van der Waals surface area contributed by atoms with Gasteiger partial charge in [0, 0.05) is 20.2 Å². The van der Waals surface area contributed by atoms with Gasteiger partial charge in [-0.25, -0.2) is 8.42 Å². The van der Waals surface area contributed by atoms with Crippen molar-refractivity contribution in [3.63, 3.8) is 0 Å². The van der Waals surface area contributed by atoms with E-state index >= 15 is 0 Å². The largest absolute Gasteiger partial charge is 0.460 e. The third-order valence-corrected chi connectivity index (χ3v) is 5.30. The van der Waals surface area contributed by atoms with E-state index in [0.29, 0.717) is 17.0 Å². The molecule has 0 bridgehead atoms. The van der Waals surface area contributed by atoms with E-state index in [2.05, 4.69) is 9.88 Å². The number of nitro benzene ring substituents is 1. The van der Waals surface area contributed by atoms with E-state index in [4.69, 9.17) is 9.26 Å². The molecule has 0 unspecified atom stereocenters. The first kappa shape index (κ1) is 21.3. The number of nitrogens with one attached hydrogen (secondary N) is 1. The van der Waals surface area contributed by atoms with E-state index in [-0.39, 0.29) is 22.9 Å². The summed E-state index contributed by atoms with van der Waals surface area (Å²) in [5.74, 6) is -0.317. The molecule has 0 aliphatic carbocycles. The molecular formula is C16H20N4O7S. The highest BCUT2D eigenvalue weighted by atomic mass is 32.2. The zero-order valence-corrected chi connectivity index (χ0v) is 16.6. The summed E-state index contributed by atoms with van der Waals surface area (Å²) in [6.45, 7) is 2.61. The van der Waals surface area contributed by atoms with Gasteiger partial charge >= 0.3 is 5.97 Å². The third-order valence-electron chi connectivity index (χ3n) is 3.90. The van der Waals surface area contributed by atoms with Crippen LogP contribution in [0, 0.1) is 24.0 Å². The predicted octanol–water partition coefficient (Wildman–Crippen LogP) is 1.29. The van der Waals surface area contributed by atoms with Crippen LogP contribution in [-0.4, -0.2) is 45.1 Å². The molecule has 1 heterocycles. The van der Waals surface area contributed by atoms with Crippen LogP contribution < -0.4 is 9.62 Å². The molecule has 0 radical (unpaired) electrons. The quantitative estimate of drug-likeness (QED) is 0.385. The minimum absolute atomic E-state index is 0.106. The summed E-state index contributed by atoms with van der Waals surface area (Å²) in [5.41, 5.74) is 1.06. The monoisotopic (exact) mass is 412 g/mol. The first-order chi connectivity index (χ1) is 13.0. The SMILES string of the molecule is Cc1noc(C)c1COC(=O)CNS(=O)(=O)c1ccc(N(C)C)c([N+](=O)[O-])c1. The van der Waals surface area contributed by atoms with Crippen molar-refractivity contribution in [3.8, 4) is 0 Å². The molecule has 11 nitrogen and oxygen atoms in total. The zero-order chi connectivity index (χ0) is 21.1. The van der Waals surface area contributed by atoms with Gasteiger partial charge in [-0.3, -0.25) is 14.9 Å². The highest BCUT2D eigenvalue weighted by Crippen LogP contribution is 2.29. The second-order valence-corrected chi connectivity index (χ2v) is 7.86. The normalized spacial score (nSPS) is 11.3. The molecule has 0 aliphatic heterocycles. The van der Waals surface area contributed by atoms with Gasteiger partial charge in [0.1, 0.15) is 24.6 Å². The molecule has 1 N–H and O–H groups in total. The predicted molar refractivity (Wildman–Crippen MR) is 98.4 cm³/mol. The number of carbonyl (C=O) groups is 1. The maximum absolute atomic E-state index is 12.4. The van der Waals surface area contributed by atoms with Gasteiger partial charge in [0.05, 0.1) is 21.1 Å². The fourth-order valence-electron chi connectivity index (χ4n) is 2.34. The Morgan fingerprint density at radius 3 is 2.57 bits per heavy atom. The number of rotatable bonds is 8. The minimum Gasteiger partial charge on any atom is -0.460 e. The van der Waals surface area contributed by atoms with Gasteiger partial charge in [-0.1, -0.05) is 5.16 Å². The van der Waals surface area contributed by atoms with Gasteiger partial charge < -0.3 is 14.2 Å². The molecule has 0 fully saturated rings. The molecule has 0 spiro atoms. The number of ether oxygens (including phenoxy) is 1. The Bertz CT molecular complexity index is 979. The average Bonchev–Trinajstić information content (AvgIpc) is 2.95. The number of benzene rings is 1. The van der Waals surface area contributed by atoms with Crippen LogP contribution >= 0.6 is 0 Å². The van der Waals surface area contributed by atoms with Gasteiger partial charge in [-0.2, -0.15) is 4.72 Å². The second kappa shape index (κ2) is 8.35. The number of hydrogen-bond donors (Lipinski definition) is 1. The van der Waals surface area contributed by atoms with Crippen molar-refractivity contribution in [1.82, 2.24) is 9.88 Å². The summed E-state index contributed by atoms with van der Waals surface area (Å²) in [6, 6.07) is 3.48. The van der Waals surface area contributed by atoms with E-state index in [1.54, 1.807) is 27.9 Å². The van der Waals surface area contributed by atoms with Gasteiger partial charge in [0.2, 0.25) is 10.0 Å². The lowest BCUT2D eigenvalue weighted by Gasteiger charge is -2.13. The van der Waals surface area contributed by atoms with Crippen LogP contribution in [0.1, 0.15) is 17.0 Å². The lowest BCUT2D eigenvalue weighted by Crippen LogP contribution is -2.30. The number of hydrogen-bond acceptors (Lipinski definition) is 9. The molecule has 12 heteroatoms. The van der Waals surface area contributed by atoms with Crippen molar-refractivity contribution in [2.45, 2.75) is 25.3 Å². The molecule has 0 saturated carbocycles. The first-order valence-electron chi connectivity index (χ1n) is 8.05. The highest BCUT2D eigenvalue weighted by molar-refractivity contribution is 7.89. The van der Waals surface area contributed by atoms with Gasteiger partial charge in [-0.05, 0) is 26.0 Å². The van der Waals surface area contributed by atoms with Crippen LogP contribution in [0.2, 0.25) is 0 Å². The molecular weight excluding hydrogens is 392 g/mol. The van der Waals surface area contributed by atoms with Crippen molar-refractivity contribution in [2.24, 2.45) is 0 Å². The molecule has 2 rings (SSSR count). The highest BCUT2D eigenvalue weighted by Gasteiger charge is 2.23. The fraction of sp³-hybridized carbons (Fsp3) is 0.375. The summed E-state index contributed by atoms with van der Waals surface area (Å²) in [6.07, 6.45) is 0. The summed E-state index contributed by atoms with van der Waals surface area (Å²) in [7, 11) is -0.945. The first-order valence-corrected chi connectivity index (χ1v) is 9.54. The molecule has 28 heavy (non-hydrogen) atoms. The van der Waals surface area contributed by atoms with E-state index in [1.807, 2.05) is 0 Å². The van der Waals surface area contributed by atoms with Crippen LogP contribution in [0.4, 0.5) is 11.4 Å². The van der Waals surface area contributed by atoms with E-state index in [1.165, 1.54) is 17.0 Å². The molecule has 0 amide bonds. The molecule has 0 atom stereocenters. The van der Waals surface area contributed by atoms with Gasteiger partial charge in [0.15, 0.2) is 0 Å². The third kappa shape index (κ3) is 4.84. The lowest BCUT2D eigenvalue weighted by molar-refractivity contribution is -0.384. The maximum Gasteiger partial charge on any atom is 0.321 e. The number of carbonyl (C=O) groups excluding carboxylic acids is 1. The summed E-state index contributed by atoms with van der Waals surface area (Å²) < 4.78 is 36.7. The number of sulfonamides is 1. The van der Waals surface area contributed by atoms with Gasteiger partial charge in [0.25, 0.3) is 5.69 Å². The molecule has 0 aliphatic rings. The molecule has 0 saturated heterocycles. The number of anilines is 1. The van der Waals surface area contributed by atoms with Crippen LogP contribution in [0.3, 0.4) is 0 Å². The van der Waals surface area contributed by atoms with E-state index in [0.717, 1.165) is 6.07 Å². The van der Waals surface area contributed by atoms with Crippen molar-refractivity contribution in [2.75, 3.05) is 25.5 Å². The average molecular weight is 412 g/mol. The fourth-order valence-corrected chi connectivity index (χ4v) is 3.33. The van der Waals surface area contributed by atoms with Crippen molar-refractivity contribution in [3.05, 3.63) is 45.3 Å². The van der Waals surface area contributed by atoms with Crippen LogP contribution in [0.5, 0.6) is 0 Å².